The molecule has 1 saturated heterocycles. The van der Waals surface area contributed by atoms with Gasteiger partial charge in [0.2, 0.25) is 0 Å². The summed E-state index contributed by atoms with van der Waals surface area (Å²) in [5.41, 5.74) is 0. The molecule has 1 aliphatic rings. The van der Waals surface area contributed by atoms with Crippen molar-refractivity contribution in [2.24, 2.45) is 0 Å². The monoisotopic (exact) mass is 230 g/mol. The first-order valence-electron chi connectivity index (χ1n) is 5.19. The van der Waals surface area contributed by atoms with Crippen molar-refractivity contribution < 1.29 is 23.7 Å². The number of ether oxygens (including phenoxy) is 4. The Morgan fingerprint density at radius 2 is 2.25 bits per heavy atom. The molecule has 0 aromatic heterocycles. The van der Waals surface area contributed by atoms with Crippen molar-refractivity contribution in [2.45, 2.75) is 31.7 Å². The molecule has 1 heterocycles. The first-order chi connectivity index (χ1) is 7.67. The van der Waals surface area contributed by atoms with Gasteiger partial charge in [0.1, 0.15) is 12.9 Å². The van der Waals surface area contributed by atoms with Crippen LogP contribution < -0.4 is 0 Å². The Kier molecular flexibility index (Phi) is 5.45. The summed E-state index contributed by atoms with van der Waals surface area (Å²) in [7, 11) is 2.93. The van der Waals surface area contributed by atoms with Crippen molar-refractivity contribution in [2.75, 3.05) is 21.0 Å². The highest BCUT2D eigenvalue weighted by Gasteiger charge is 2.37. The predicted molar refractivity (Wildman–Crippen MR) is 56.9 cm³/mol. The molecule has 1 rings (SSSR count). The van der Waals surface area contributed by atoms with E-state index in [0.29, 0.717) is 0 Å². The van der Waals surface area contributed by atoms with Crippen molar-refractivity contribution in [1.82, 2.24) is 0 Å². The van der Waals surface area contributed by atoms with Crippen molar-refractivity contribution in [3.8, 4) is 0 Å². The van der Waals surface area contributed by atoms with Crippen LogP contribution in [-0.4, -0.2) is 45.3 Å². The number of hydrogen-bond acceptors (Lipinski definition) is 5. The molecule has 16 heavy (non-hydrogen) atoms. The second-order valence-corrected chi connectivity index (χ2v) is 3.64. The van der Waals surface area contributed by atoms with Gasteiger partial charge in [0, 0.05) is 19.6 Å². The van der Waals surface area contributed by atoms with E-state index < -0.39 is 0 Å². The minimum absolute atomic E-state index is 0.00712. The third-order valence-electron chi connectivity index (χ3n) is 2.28. The normalized spacial score (nSPS) is 25.7. The summed E-state index contributed by atoms with van der Waals surface area (Å²) in [6.07, 6.45) is 4.10. The summed E-state index contributed by atoms with van der Waals surface area (Å²) in [6, 6.07) is 0. The van der Waals surface area contributed by atoms with E-state index in [1.807, 2.05) is 6.92 Å². The maximum absolute atomic E-state index is 10.8. The topological polar surface area (TPSA) is 57.3 Å². The Bertz CT molecular complexity index is 251. The average molecular weight is 230 g/mol. The van der Waals surface area contributed by atoms with Gasteiger partial charge in [0.15, 0.2) is 0 Å². The molecule has 0 N–H and O–H groups in total. The first kappa shape index (κ1) is 13.2. The molecule has 92 valence electrons. The number of hydrogen-bond donors (Lipinski definition) is 0. The summed E-state index contributed by atoms with van der Waals surface area (Å²) in [6.45, 7) is 2.25. The Balaban J connectivity index is 2.14. The van der Waals surface area contributed by atoms with Gasteiger partial charge in [-0.15, -0.1) is 0 Å². The second kappa shape index (κ2) is 6.62. The molecule has 5 heteroatoms. The molecule has 0 aromatic rings. The van der Waals surface area contributed by atoms with Crippen LogP contribution in [0.1, 0.15) is 13.3 Å². The highest BCUT2D eigenvalue weighted by Crippen LogP contribution is 2.28. The zero-order valence-corrected chi connectivity index (χ0v) is 9.84. The van der Waals surface area contributed by atoms with Gasteiger partial charge in [0.25, 0.3) is 0 Å². The van der Waals surface area contributed by atoms with E-state index in [4.69, 9.17) is 14.2 Å². The number of carbonyl (C=O) groups excluding carboxylic acids is 1. The standard InChI is InChI=1S/C11H18O5/c1-8(15-7-13-2)6-10-9(16-10)4-5-11(12)14-3/h4-5,8-10H,6-7H2,1-3H3/b5-4+/t8-,9-,10+/m1/s1. The molecule has 5 nitrogen and oxygen atoms in total. The summed E-state index contributed by atoms with van der Waals surface area (Å²) >= 11 is 0. The maximum Gasteiger partial charge on any atom is 0.330 e. The molecule has 0 aromatic carbocycles. The highest BCUT2D eigenvalue weighted by atomic mass is 16.7. The lowest BCUT2D eigenvalue weighted by atomic mass is 10.1. The summed E-state index contributed by atoms with van der Waals surface area (Å²) in [4.78, 5) is 10.8. The molecule has 1 aliphatic heterocycles. The predicted octanol–water partition coefficient (Wildman–Crippen LogP) is 0.882. The Morgan fingerprint density at radius 1 is 1.50 bits per heavy atom. The molecule has 0 aliphatic carbocycles. The SMILES string of the molecule is COCO[C@H](C)C[C@@H]1O[C@@H]1/C=C/C(=O)OC. The number of rotatable bonds is 7. The summed E-state index contributed by atoms with van der Waals surface area (Å²) in [5, 5.41) is 0. The summed E-state index contributed by atoms with van der Waals surface area (Å²) in [5.74, 6) is -0.363. The van der Waals surface area contributed by atoms with Crippen LogP contribution in [0, 0.1) is 0 Å². The van der Waals surface area contributed by atoms with Gasteiger partial charge in [-0.1, -0.05) is 0 Å². The van der Waals surface area contributed by atoms with Crippen molar-refractivity contribution in [1.29, 1.82) is 0 Å². The lowest BCUT2D eigenvalue weighted by Gasteiger charge is -2.09. The number of esters is 1. The van der Waals surface area contributed by atoms with E-state index in [-0.39, 0.29) is 31.1 Å². The van der Waals surface area contributed by atoms with Crippen LogP contribution in [0.5, 0.6) is 0 Å². The van der Waals surface area contributed by atoms with Crippen LogP contribution in [0.15, 0.2) is 12.2 Å². The van der Waals surface area contributed by atoms with Gasteiger partial charge >= 0.3 is 5.97 Å². The molecule has 0 radical (unpaired) electrons. The Labute approximate surface area is 95.3 Å². The molecule has 3 atom stereocenters. The molecular formula is C11H18O5. The second-order valence-electron chi connectivity index (χ2n) is 3.64. The number of methoxy groups -OCH3 is 2. The van der Waals surface area contributed by atoms with E-state index in [1.54, 1.807) is 13.2 Å². The van der Waals surface area contributed by atoms with Gasteiger partial charge in [-0.05, 0) is 13.0 Å². The van der Waals surface area contributed by atoms with E-state index in [1.165, 1.54) is 13.2 Å². The zero-order valence-electron chi connectivity index (χ0n) is 9.84. The smallest absolute Gasteiger partial charge is 0.330 e. The summed E-state index contributed by atoms with van der Waals surface area (Å²) < 4.78 is 19.9. The van der Waals surface area contributed by atoms with Gasteiger partial charge in [-0.3, -0.25) is 0 Å². The van der Waals surface area contributed by atoms with Crippen LogP contribution >= 0.6 is 0 Å². The molecule has 0 unspecified atom stereocenters. The van der Waals surface area contributed by atoms with Gasteiger partial charge in [0.05, 0.1) is 19.3 Å². The van der Waals surface area contributed by atoms with Crippen molar-refractivity contribution in [3.63, 3.8) is 0 Å². The van der Waals surface area contributed by atoms with Crippen LogP contribution in [0.4, 0.5) is 0 Å². The molecule has 1 fully saturated rings. The van der Waals surface area contributed by atoms with Gasteiger partial charge < -0.3 is 18.9 Å². The van der Waals surface area contributed by atoms with Crippen LogP contribution in [0.3, 0.4) is 0 Å². The van der Waals surface area contributed by atoms with E-state index >= 15 is 0 Å². The largest absolute Gasteiger partial charge is 0.466 e. The Hall–Kier alpha value is -0.910. The molecule has 0 bridgehead atoms. The highest BCUT2D eigenvalue weighted by molar-refractivity contribution is 5.81. The molecule has 0 spiro atoms. The van der Waals surface area contributed by atoms with E-state index in [9.17, 15) is 4.79 Å². The Morgan fingerprint density at radius 3 is 2.88 bits per heavy atom. The first-order valence-corrected chi connectivity index (χ1v) is 5.19. The minimum atomic E-state index is -0.363. The third-order valence-corrected chi connectivity index (χ3v) is 2.28. The molecular weight excluding hydrogens is 212 g/mol. The number of carbonyl (C=O) groups is 1. The van der Waals surface area contributed by atoms with Crippen molar-refractivity contribution >= 4 is 5.97 Å². The van der Waals surface area contributed by atoms with Crippen LogP contribution in [0.2, 0.25) is 0 Å². The lowest BCUT2D eigenvalue weighted by Crippen LogP contribution is -2.13. The lowest BCUT2D eigenvalue weighted by molar-refractivity contribution is -0.134. The zero-order chi connectivity index (χ0) is 12.0. The fourth-order valence-corrected chi connectivity index (χ4v) is 1.34. The van der Waals surface area contributed by atoms with Crippen molar-refractivity contribution in [3.05, 3.63) is 12.2 Å². The van der Waals surface area contributed by atoms with E-state index in [0.717, 1.165) is 6.42 Å². The average Bonchev–Trinajstić information content (AvgIpc) is 3.01. The van der Waals surface area contributed by atoms with Crippen LogP contribution in [-0.2, 0) is 23.7 Å². The molecule has 0 saturated carbocycles. The van der Waals surface area contributed by atoms with Gasteiger partial charge in [-0.25, -0.2) is 4.79 Å². The van der Waals surface area contributed by atoms with Crippen LogP contribution in [0.25, 0.3) is 0 Å². The quantitative estimate of drug-likeness (QED) is 0.281. The molecule has 0 amide bonds. The third kappa shape index (κ3) is 4.74. The fourth-order valence-electron chi connectivity index (χ4n) is 1.34. The maximum atomic E-state index is 10.8. The van der Waals surface area contributed by atoms with E-state index in [2.05, 4.69) is 4.74 Å². The number of epoxide rings is 1. The fraction of sp³-hybridized carbons (Fsp3) is 0.727. The van der Waals surface area contributed by atoms with Gasteiger partial charge in [-0.2, -0.15) is 0 Å². The minimum Gasteiger partial charge on any atom is -0.466 e.